The van der Waals surface area contributed by atoms with Crippen molar-refractivity contribution in [1.29, 1.82) is 0 Å². The monoisotopic (exact) mass is 453 g/mol. The van der Waals surface area contributed by atoms with E-state index in [-0.39, 0.29) is 23.7 Å². The van der Waals surface area contributed by atoms with Crippen LogP contribution in [0.2, 0.25) is 0 Å². The minimum Gasteiger partial charge on any atom is -0.394 e. The van der Waals surface area contributed by atoms with Gasteiger partial charge in [0.2, 0.25) is 0 Å². The highest BCUT2D eigenvalue weighted by Gasteiger charge is 2.34. The fourth-order valence-electron chi connectivity index (χ4n) is 2.67. The molecule has 0 spiro atoms. The summed E-state index contributed by atoms with van der Waals surface area (Å²) in [5.74, 6) is -0.492. The molecule has 2 aromatic carbocycles. The van der Waals surface area contributed by atoms with E-state index in [9.17, 15) is 14.7 Å². The molecule has 0 heterocycles. The average molecular weight is 455 g/mol. The molecule has 0 aliphatic heterocycles. The summed E-state index contributed by atoms with van der Waals surface area (Å²) in [6.07, 6.45) is -0.974. The molecular formula is C17H13Br2NO4. The van der Waals surface area contributed by atoms with Gasteiger partial charge in [-0.2, -0.15) is 0 Å². The number of hydrogen-bond acceptors (Lipinski definition) is 5. The summed E-state index contributed by atoms with van der Waals surface area (Å²) >= 11 is 6.75. The Morgan fingerprint density at radius 2 is 1.58 bits per heavy atom. The number of ketones is 2. The zero-order valence-corrected chi connectivity index (χ0v) is 15.5. The first-order chi connectivity index (χ1) is 11.5. The van der Waals surface area contributed by atoms with Crippen LogP contribution in [-0.2, 0) is 0 Å². The second-order valence-electron chi connectivity index (χ2n) is 5.39. The lowest BCUT2D eigenvalue weighted by molar-refractivity contribution is 0.0978. The van der Waals surface area contributed by atoms with Crippen LogP contribution >= 0.6 is 31.9 Å². The van der Waals surface area contributed by atoms with Gasteiger partial charge in [0.05, 0.1) is 29.5 Å². The van der Waals surface area contributed by atoms with E-state index in [2.05, 4.69) is 37.2 Å². The summed E-state index contributed by atoms with van der Waals surface area (Å²) < 4.78 is 1.10. The minimum absolute atomic E-state index is 0.0479. The predicted octanol–water partition coefficient (Wildman–Crippen LogP) is 2.75. The normalized spacial score (nSPS) is 14.2. The van der Waals surface area contributed by atoms with Crippen LogP contribution in [0.25, 0.3) is 0 Å². The highest BCUT2D eigenvalue weighted by molar-refractivity contribution is 9.11. The zero-order valence-electron chi connectivity index (χ0n) is 12.3. The van der Waals surface area contributed by atoms with Crippen LogP contribution in [0.4, 0.5) is 5.69 Å². The quantitative estimate of drug-likeness (QED) is 0.564. The van der Waals surface area contributed by atoms with E-state index >= 15 is 0 Å². The molecule has 124 valence electrons. The highest BCUT2D eigenvalue weighted by atomic mass is 79.9. The van der Waals surface area contributed by atoms with Gasteiger partial charge in [0.1, 0.15) is 0 Å². The Balaban J connectivity index is 2.18. The molecule has 1 aliphatic carbocycles. The van der Waals surface area contributed by atoms with Crippen LogP contribution in [0.1, 0.15) is 31.8 Å². The summed E-state index contributed by atoms with van der Waals surface area (Å²) in [6.45, 7) is -0.356. The molecule has 0 fully saturated rings. The molecule has 0 aromatic heterocycles. The van der Waals surface area contributed by atoms with Gasteiger partial charge in [0.25, 0.3) is 0 Å². The second-order valence-corrected chi connectivity index (χ2v) is 7.10. The van der Waals surface area contributed by atoms with Gasteiger partial charge in [0.15, 0.2) is 11.6 Å². The lowest BCUT2D eigenvalue weighted by Crippen LogP contribution is -2.27. The minimum atomic E-state index is -0.974. The average Bonchev–Trinajstić information content (AvgIpc) is 2.58. The molecule has 0 amide bonds. The Bertz CT molecular complexity index is 851. The van der Waals surface area contributed by atoms with Crippen LogP contribution in [0.5, 0.6) is 0 Å². The van der Waals surface area contributed by atoms with E-state index < -0.39 is 12.7 Å². The van der Waals surface area contributed by atoms with Crippen molar-refractivity contribution in [3.05, 3.63) is 61.5 Å². The summed E-state index contributed by atoms with van der Waals surface area (Å²) in [5.41, 5.74) is 1.70. The molecule has 3 rings (SSSR count). The standard InChI is InChI=1S/C17H13Br2NO4/c18-11-5-12(19)15(20-6-8(22)7-21)14-13(11)16(23)9-3-1-2-4-10(9)17(14)24/h1-5,8,20-22H,6-7H2. The number of benzene rings is 2. The van der Waals surface area contributed by atoms with E-state index in [0.717, 1.165) is 0 Å². The van der Waals surface area contributed by atoms with Crippen LogP contribution in [-0.4, -0.2) is 41.0 Å². The fraction of sp³-hybridized carbons (Fsp3) is 0.176. The largest absolute Gasteiger partial charge is 0.394 e. The third kappa shape index (κ3) is 2.82. The van der Waals surface area contributed by atoms with Crippen molar-refractivity contribution >= 4 is 49.1 Å². The molecule has 1 atom stereocenters. The van der Waals surface area contributed by atoms with E-state index in [1.54, 1.807) is 30.3 Å². The Hall–Kier alpha value is -1.54. The molecule has 0 saturated heterocycles. The van der Waals surface area contributed by atoms with Gasteiger partial charge in [-0.25, -0.2) is 0 Å². The van der Waals surface area contributed by atoms with Crippen molar-refractivity contribution in [3.63, 3.8) is 0 Å². The Morgan fingerprint density at radius 3 is 2.17 bits per heavy atom. The fourth-order valence-corrected chi connectivity index (χ4v) is 4.16. The van der Waals surface area contributed by atoms with E-state index in [1.165, 1.54) is 0 Å². The van der Waals surface area contributed by atoms with Crippen molar-refractivity contribution < 1.29 is 19.8 Å². The van der Waals surface area contributed by atoms with Crippen LogP contribution in [0, 0.1) is 0 Å². The van der Waals surface area contributed by atoms with Crippen molar-refractivity contribution in [2.75, 3.05) is 18.5 Å². The maximum Gasteiger partial charge on any atom is 0.196 e. The molecular weight excluding hydrogens is 442 g/mol. The number of rotatable bonds is 4. The van der Waals surface area contributed by atoms with Gasteiger partial charge in [0, 0.05) is 26.6 Å². The molecule has 1 unspecified atom stereocenters. The number of halogens is 2. The maximum atomic E-state index is 12.9. The number of carbonyl (C=O) groups excluding carboxylic acids is 2. The van der Waals surface area contributed by atoms with E-state index in [1.807, 2.05) is 0 Å². The van der Waals surface area contributed by atoms with Crippen molar-refractivity contribution in [1.82, 2.24) is 0 Å². The molecule has 0 bridgehead atoms. The van der Waals surface area contributed by atoms with Gasteiger partial charge >= 0.3 is 0 Å². The summed E-state index contributed by atoms with van der Waals surface area (Å²) in [5, 5.41) is 21.5. The summed E-state index contributed by atoms with van der Waals surface area (Å²) in [4.78, 5) is 25.8. The molecule has 0 radical (unpaired) electrons. The number of nitrogens with one attached hydrogen (secondary N) is 1. The number of aliphatic hydroxyl groups is 2. The lowest BCUT2D eigenvalue weighted by Gasteiger charge is -2.23. The van der Waals surface area contributed by atoms with E-state index in [0.29, 0.717) is 31.3 Å². The van der Waals surface area contributed by atoms with Crippen molar-refractivity contribution in [2.45, 2.75) is 6.10 Å². The highest BCUT2D eigenvalue weighted by Crippen LogP contribution is 2.40. The van der Waals surface area contributed by atoms with Gasteiger partial charge in [-0.1, -0.05) is 24.3 Å². The molecule has 0 saturated carbocycles. The lowest BCUT2D eigenvalue weighted by atomic mass is 9.83. The first-order valence-electron chi connectivity index (χ1n) is 7.19. The Labute approximate surface area is 155 Å². The third-order valence-corrected chi connectivity index (χ3v) is 5.08. The molecule has 2 aromatic rings. The number of hydrogen-bond donors (Lipinski definition) is 3. The molecule has 1 aliphatic rings. The number of fused-ring (bicyclic) bond motifs is 2. The first-order valence-corrected chi connectivity index (χ1v) is 8.77. The first kappa shape index (κ1) is 17.3. The van der Waals surface area contributed by atoms with Gasteiger partial charge < -0.3 is 15.5 Å². The zero-order chi connectivity index (χ0) is 17.4. The predicted molar refractivity (Wildman–Crippen MR) is 96.7 cm³/mol. The van der Waals surface area contributed by atoms with Gasteiger partial charge in [-0.15, -0.1) is 0 Å². The molecule has 5 nitrogen and oxygen atoms in total. The maximum absolute atomic E-state index is 12.9. The van der Waals surface area contributed by atoms with Gasteiger partial charge in [-0.05, 0) is 37.9 Å². The topological polar surface area (TPSA) is 86.6 Å². The molecule has 7 heteroatoms. The van der Waals surface area contributed by atoms with Crippen molar-refractivity contribution in [2.24, 2.45) is 0 Å². The van der Waals surface area contributed by atoms with Crippen LogP contribution in [0.3, 0.4) is 0 Å². The number of anilines is 1. The molecule has 3 N–H and O–H groups in total. The number of carbonyl (C=O) groups is 2. The Kier molecular flexibility index (Phi) is 4.87. The van der Waals surface area contributed by atoms with Crippen molar-refractivity contribution in [3.8, 4) is 0 Å². The summed E-state index contributed by atoms with van der Waals surface area (Å²) in [7, 11) is 0. The third-order valence-electron chi connectivity index (χ3n) is 3.83. The SMILES string of the molecule is O=C1c2ccccc2C(=O)c2c(NCC(O)CO)c(Br)cc(Br)c21. The Morgan fingerprint density at radius 1 is 1.00 bits per heavy atom. The van der Waals surface area contributed by atoms with Crippen LogP contribution < -0.4 is 5.32 Å². The van der Waals surface area contributed by atoms with Crippen LogP contribution in [0.15, 0.2) is 39.3 Å². The van der Waals surface area contributed by atoms with Gasteiger partial charge in [-0.3, -0.25) is 9.59 Å². The van der Waals surface area contributed by atoms with E-state index in [4.69, 9.17) is 5.11 Å². The summed E-state index contributed by atoms with van der Waals surface area (Å²) in [6, 6.07) is 8.38. The molecule has 24 heavy (non-hydrogen) atoms. The second kappa shape index (κ2) is 6.76. The smallest absolute Gasteiger partial charge is 0.196 e. The number of aliphatic hydroxyl groups excluding tert-OH is 2.